The summed E-state index contributed by atoms with van der Waals surface area (Å²) in [7, 11) is -3.95. The van der Waals surface area contributed by atoms with Crippen molar-refractivity contribution in [1.29, 1.82) is 0 Å². The van der Waals surface area contributed by atoms with E-state index in [4.69, 9.17) is 9.47 Å². The van der Waals surface area contributed by atoms with E-state index >= 15 is 0 Å². The SMILES string of the molecule is CC(=O)Nc1ccc(S(=O)(=O)N[C@@H](C)C(=O)Nc2nc3cc4c(cc3s2)OCCO4)cc1. The molecule has 168 valence electrons. The fourth-order valence-electron chi connectivity index (χ4n) is 3.01. The Kier molecular flexibility index (Phi) is 6.00. The maximum Gasteiger partial charge on any atom is 0.244 e. The molecule has 3 aromatic rings. The van der Waals surface area contributed by atoms with E-state index in [0.29, 0.717) is 41.0 Å². The van der Waals surface area contributed by atoms with Gasteiger partial charge < -0.3 is 20.1 Å². The average Bonchev–Trinajstić information content (AvgIpc) is 3.12. The highest BCUT2D eigenvalue weighted by molar-refractivity contribution is 7.89. The molecule has 2 aromatic carbocycles. The van der Waals surface area contributed by atoms with E-state index in [-0.39, 0.29) is 10.8 Å². The molecule has 32 heavy (non-hydrogen) atoms. The second kappa shape index (κ2) is 8.73. The van der Waals surface area contributed by atoms with E-state index in [1.54, 1.807) is 12.1 Å². The minimum absolute atomic E-state index is 0.0307. The first-order valence-electron chi connectivity index (χ1n) is 9.62. The molecule has 2 heterocycles. The zero-order chi connectivity index (χ0) is 22.9. The van der Waals surface area contributed by atoms with Crippen molar-refractivity contribution in [2.45, 2.75) is 24.8 Å². The molecule has 4 rings (SSSR count). The van der Waals surface area contributed by atoms with Crippen molar-refractivity contribution in [1.82, 2.24) is 9.71 Å². The number of aromatic nitrogens is 1. The quantitative estimate of drug-likeness (QED) is 0.497. The van der Waals surface area contributed by atoms with Crippen LogP contribution in [0.15, 0.2) is 41.3 Å². The summed E-state index contributed by atoms with van der Waals surface area (Å²) >= 11 is 1.25. The van der Waals surface area contributed by atoms with Crippen LogP contribution < -0.4 is 24.8 Å². The van der Waals surface area contributed by atoms with E-state index in [1.165, 1.54) is 49.4 Å². The van der Waals surface area contributed by atoms with Gasteiger partial charge in [0.25, 0.3) is 0 Å². The van der Waals surface area contributed by atoms with Gasteiger partial charge in [-0.2, -0.15) is 4.72 Å². The highest BCUT2D eigenvalue weighted by Crippen LogP contribution is 2.37. The van der Waals surface area contributed by atoms with Crippen LogP contribution in [-0.4, -0.2) is 44.5 Å². The van der Waals surface area contributed by atoms with E-state index in [1.807, 2.05) is 0 Å². The summed E-state index contributed by atoms with van der Waals surface area (Å²) in [6.45, 7) is 3.72. The molecule has 1 aliphatic rings. The number of benzene rings is 2. The fraction of sp³-hybridized carbons (Fsp3) is 0.250. The summed E-state index contributed by atoms with van der Waals surface area (Å²) < 4.78 is 39.4. The molecule has 0 bridgehead atoms. The van der Waals surface area contributed by atoms with E-state index in [0.717, 1.165) is 4.70 Å². The van der Waals surface area contributed by atoms with Crippen LogP contribution in [0.5, 0.6) is 11.5 Å². The van der Waals surface area contributed by atoms with Gasteiger partial charge in [0, 0.05) is 24.7 Å². The van der Waals surface area contributed by atoms with Gasteiger partial charge in [0.05, 0.1) is 21.2 Å². The van der Waals surface area contributed by atoms with E-state index in [2.05, 4.69) is 20.3 Å². The summed E-state index contributed by atoms with van der Waals surface area (Å²) in [6.07, 6.45) is 0. The van der Waals surface area contributed by atoms with Crippen LogP contribution in [0.4, 0.5) is 10.8 Å². The van der Waals surface area contributed by atoms with Crippen LogP contribution in [0.3, 0.4) is 0 Å². The monoisotopic (exact) mass is 476 g/mol. The lowest BCUT2D eigenvalue weighted by atomic mass is 10.3. The van der Waals surface area contributed by atoms with Crippen molar-refractivity contribution in [3.8, 4) is 11.5 Å². The Morgan fingerprint density at radius 2 is 1.72 bits per heavy atom. The molecular weight excluding hydrogens is 456 g/mol. The molecule has 0 unspecified atom stereocenters. The van der Waals surface area contributed by atoms with Crippen LogP contribution in [0.2, 0.25) is 0 Å². The standard InChI is InChI=1S/C20H20N4O6S2/c1-11(24-32(27,28)14-5-3-13(4-6-14)21-12(2)25)19(26)23-20-22-15-9-16-17(10-18(15)31-20)30-8-7-29-16/h3-6,9-11,24H,7-8H2,1-2H3,(H,21,25)(H,22,23,26)/t11-/m0/s1. The molecule has 0 saturated heterocycles. The number of sulfonamides is 1. The largest absolute Gasteiger partial charge is 0.486 e. The number of rotatable bonds is 6. The number of carbonyl (C=O) groups is 2. The lowest BCUT2D eigenvalue weighted by Crippen LogP contribution is -2.41. The predicted octanol–water partition coefficient (Wildman–Crippen LogP) is 2.33. The summed E-state index contributed by atoms with van der Waals surface area (Å²) in [5, 5.41) is 5.53. The first-order chi connectivity index (χ1) is 15.2. The fourth-order valence-corrected chi connectivity index (χ4v) is 5.09. The topological polar surface area (TPSA) is 136 Å². The highest BCUT2D eigenvalue weighted by Gasteiger charge is 2.23. The lowest BCUT2D eigenvalue weighted by molar-refractivity contribution is -0.117. The molecule has 0 fully saturated rings. The second-order valence-corrected chi connectivity index (χ2v) is 9.77. The molecule has 0 aliphatic carbocycles. The van der Waals surface area contributed by atoms with Crippen molar-refractivity contribution in [2.24, 2.45) is 0 Å². The van der Waals surface area contributed by atoms with E-state index in [9.17, 15) is 18.0 Å². The van der Waals surface area contributed by atoms with Gasteiger partial charge in [-0.15, -0.1) is 0 Å². The van der Waals surface area contributed by atoms with Crippen molar-refractivity contribution >= 4 is 54.2 Å². The van der Waals surface area contributed by atoms with Gasteiger partial charge in [-0.25, -0.2) is 13.4 Å². The highest BCUT2D eigenvalue weighted by atomic mass is 32.2. The first-order valence-corrected chi connectivity index (χ1v) is 11.9. The van der Waals surface area contributed by atoms with Crippen molar-refractivity contribution < 1.29 is 27.5 Å². The Bertz CT molecular complexity index is 1240. The Morgan fingerprint density at radius 1 is 1.06 bits per heavy atom. The van der Waals surface area contributed by atoms with Crippen LogP contribution >= 0.6 is 11.3 Å². The number of thiazole rings is 1. The zero-order valence-electron chi connectivity index (χ0n) is 17.2. The molecule has 0 saturated carbocycles. The maximum atomic E-state index is 12.6. The number of nitrogens with one attached hydrogen (secondary N) is 3. The van der Waals surface area contributed by atoms with Gasteiger partial charge in [0.1, 0.15) is 13.2 Å². The summed E-state index contributed by atoms with van der Waals surface area (Å²) in [5.41, 5.74) is 1.11. The molecule has 1 atom stereocenters. The van der Waals surface area contributed by atoms with Gasteiger partial charge in [0.15, 0.2) is 16.6 Å². The Morgan fingerprint density at radius 3 is 2.38 bits per heavy atom. The van der Waals surface area contributed by atoms with Crippen LogP contribution in [0.1, 0.15) is 13.8 Å². The number of nitrogens with zero attached hydrogens (tertiary/aromatic N) is 1. The third-order valence-electron chi connectivity index (χ3n) is 4.49. The summed E-state index contributed by atoms with van der Waals surface area (Å²) in [4.78, 5) is 28.0. The molecule has 10 nitrogen and oxygen atoms in total. The number of amides is 2. The third kappa shape index (κ3) is 4.82. The minimum atomic E-state index is -3.95. The summed E-state index contributed by atoms with van der Waals surface area (Å²) in [5.74, 6) is 0.396. The number of anilines is 2. The molecule has 12 heteroatoms. The van der Waals surface area contributed by atoms with Gasteiger partial charge in [-0.3, -0.25) is 9.59 Å². The molecule has 2 amide bonds. The zero-order valence-corrected chi connectivity index (χ0v) is 18.8. The number of hydrogen-bond acceptors (Lipinski definition) is 8. The molecule has 1 aromatic heterocycles. The van der Waals surface area contributed by atoms with Crippen LogP contribution in [0.25, 0.3) is 10.2 Å². The van der Waals surface area contributed by atoms with Gasteiger partial charge in [0.2, 0.25) is 21.8 Å². The first kappa shape index (κ1) is 22.0. The normalized spacial score (nSPS) is 14.1. The predicted molar refractivity (Wildman–Crippen MR) is 120 cm³/mol. The number of carbonyl (C=O) groups excluding carboxylic acids is 2. The van der Waals surface area contributed by atoms with Crippen molar-refractivity contribution in [3.63, 3.8) is 0 Å². The Balaban J connectivity index is 1.43. The summed E-state index contributed by atoms with van der Waals surface area (Å²) in [6, 6.07) is 8.11. The van der Waals surface area contributed by atoms with Gasteiger partial charge in [-0.05, 0) is 31.2 Å². The average molecular weight is 477 g/mol. The second-order valence-electron chi connectivity index (χ2n) is 7.02. The molecule has 0 spiro atoms. The minimum Gasteiger partial charge on any atom is -0.486 e. The third-order valence-corrected chi connectivity index (χ3v) is 6.98. The maximum absolute atomic E-state index is 12.6. The smallest absolute Gasteiger partial charge is 0.244 e. The van der Waals surface area contributed by atoms with Gasteiger partial charge in [-0.1, -0.05) is 11.3 Å². The van der Waals surface area contributed by atoms with Crippen molar-refractivity contribution in [2.75, 3.05) is 23.8 Å². The van der Waals surface area contributed by atoms with Crippen LogP contribution in [0, 0.1) is 0 Å². The molecule has 0 radical (unpaired) electrons. The van der Waals surface area contributed by atoms with Crippen molar-refractivity contribution in [3.05, 3.63) is 36.4 Å². The van der Waals surface area contributed by atoms with Gasteiger partial charge >= 0.3 is 0 Å². The number of ether oxygens (including phenoxy) is 2. The van der Waals surface area contributed by atoms with Crippen LogP contribution in [-0.2, 0) is 19.6 Å². The molecule has 1 aliphatic heterocycles. The molecular formula is C20H20N4O6S2. The Hall–Kier alpha value is -3.22. The molecule has 3 N–H and O–H groups in total. The number of fused-ring (bicyclic) bond motifs is 2. The van der Waals surface area contributed by atoms with E-state index < -0.39 is 22.0 Å². The number of hydrogen-bond donors (Lipinski definition) is 3. The lowest BCUT2D eigenvalue weighted by Gasteiger charge is -2.17. The Labute approximate surface area is 188 Å².